The van der Waals surface area contributed by atoms with Crippen molar-refractivity contribution in [2.75, 3.05) is 0 Å². The van der Waals surface area contributed by atoms with Gasteiger partial charge in [-0.25, -0.2) is 0 Å². The Kier molecular flexibility index (Phi) is 6.46. The number of amides is 1. The molecule has 1 aromatic heterocycles. The topological polar surface area (TPSA) is 33.5 Å². The molecule has 2 aromatic rings. The van der Waals surface area contributed by atoms with Gasteiger partial charge in [-0.3, -0.25) is 4.79 Å². The average molecular weight is 341 g/mol. The van der Waals surface area contributed by atoms with Gasteiger partial charge >= 0.3 is 0 Å². The molecule has 0 aliphatic rings. The second kappa shape index (κ2) is 8.37. The van der Waals surface area contributed by atoms with Crippen LogP contribution in [0.5, 0.6) is 0 Å². The van der Waals surface area contributed by atoms with Gasteiger partial charge < -0.3 is 9.32 Å². The highest BCUT2D eigenvalue weighted by Gasteiger charge is 2.22. The van der Waals surface area contributed by atoms with E-state index in [4.69, 9.17) is 4.42 Å². The Bertz CT molecular complexity index is 667. The van der Waals surface area contributed by atoms with Crippen LogP contribution in [0.1, 0.15) is 57.6 Å². The maximum absolute atomic E-state index is 12.9. The minimum atomic E-state index is 0.189. The summed E-state index contributed by atoms with van der Waals surface area (Å²) in [4.78, 5) is 14.8. The van der Waals surface area contributed by atoms with Gasteiger partial charge in [-0.05, 0) is 42.4 Å². The number of hydrogen-bond donors (Lipinski definition) is 0. The molecule has 1 heterocycles. The summed E-state index contributed by atoms with van der Waals surface area (Å²) in [6.45, 7) is 11.9. The number of nitrogens with zero attached hydrogens (tertiary/aromatic N) is 1. The molecule has 0 unspecified atom stereocenters. The Hall–Kier alpha value is -2.03. The monoisotopic (exact) mass is 341 g/mol. The molecule has 1 aromatic carbocycles. The molecule has 1 amide bonds. The molecule has 3 heteroatoms. The summed E-state index contributed by atoms with van der Waals surface area (Å²) < 4.78 is 5.69. The quantitative estimate of drug-likeness (QED) is 0.659. The van der Waals surface area contributed by atoms with Crippen LogP contribution in [0.25, 0.3) is 0 Å². The molecule has 0 spiro atoms. The van der Waals surface area contributed by atoms with Crippen LogP contribution in [-0.2, 0) is 17.9 Å². The van der Waals surface area contributed by atoms with Crippen molar-refractivity contribution >= 4 is 5.91 Å². The Morgan fingerprint density at radius 2 is 1.76 bits per heavy atom. The Morgan fingerprint density at radius 1 is 1.08 bits per heavy atom. The first-order chi connectivity index (χ1) is 11.7. The van der Waals surface area contributed by atoms with Crippen LogP contribution in [0.3, 0.4) is 0 Å². The van der Waals surface area contributed by atoms with Crippen molar-refractivity contribution in [3.05, 3.63) is 59.5 Å². The number of rotatable bonds is 7. The Balaban J connectivity index is 2.08. The minimum absolute atomic E-state index is 0.189. The molecule has 0 aliphatic carbocycles. The summed E-state index contributed by atoms with van der Waals surface area (Å²) in [5.74, 6) is 2.27. The van der Waals surface area contributed by atoms with Crippen molar-refractivity contribution in [2.24, 2.45) is 11.3 Å². The van der Waals surface area contributed by atoms with Crippen LogP contribution in [0.2, 0.25) is 0 Å². The fraction of sp³-hybridized carbons (Fsp3) is 0.500. The van der Waals surface area contributed by atoms with Gasteiger partial charge in [0.1, 0.15) is 11.5 Å². The third-order valence-corrected chi connectivity index (χ3v) is 4.20. The molecule has 1 atom stereocenters. The number of benzene rings is 1. The van der Waals surface area contributed by atoms with Crippen molar-refractivity contribution < 1.29 is 9.21 Å². The van der Waals surface area contributed by atoms with Crippen molar-refractivity contribution in [3.63, 3.8) is 0 Å². The molecule has 0 aliphatic heterocycles. The van der Waals surface area contributed by atoms with Gasteiger partial charge in [0.2, 0.25) is 5.91 Å². The number of furan rings is 1. The first kappa shape index (κ1) is 19.3. The third-order valence-electron chi connectivity index (χ3n) is 4.20. The number of carbonyl (C=O) groups is 1. The zero-order chi connectivity index (χ0) is 18.4. The summed E-state index contributed by atoms with van der Waals surface area (Å²) >= 11 is 0. The van der Waals surface area contributed by atoms with Gasteiger partial charge in [-0.15, -0.1) is 0 Å². The van der Waals surface area contributed by atoms with Crippen LogP contribution >= 0.6 is 0 Å². The van der Waals surface area contributed by atoms with Crippen LogP contribution in [0.15, 0.2) is 46.9 Å². The van der Waals surface area contributed by atoms with E-state index in [-0.39, 0.29) is 11.3 Å². The van der Waals surface area contributed by atoms with Gasteiger partial charge in [0.05, 0.1) is 6.54 Å². The first-order valence-corrected chi connectivity index (χ1v) is 9.10. The molecule has 3 nitrogen and oxygen atoms in total. The summed E-state index contributed by atoms with van der Waals surface area (Å²) in [6.07, 6.45) is 1.61. The summed E-state index contributed by atoms with van der Waals surface area (Å²) in [6, 6.07) is 14.0. The van der Waals surface area contributed by atoms with Crippen molar-refractivity contribution in [2.45, 2.75) is 60.5 Å². The molecule has 136 valence electrons. The Morgan fingerprint density at radius 3 is 2.32 bits per heavy atom. The van der Waals surface area contributed by atoms with Crippen molar-refractivity contribution in [3.8, 4) is 0 Å². The maximum Gasteiger partial charge on any atom is 0.223 e. The molecule has 0 saturated heterocycles. The highest BCUT2D eigenvalue weighted by Crippen LogP contribution is 2.27. The smallest absolute Gasteiger partial charge is 0.223 e. The lowest BCUT2D eigenvalue weighted by Gasteiger charge is -2.26. The number of hydrogen-bond acceptors (Lipinski definition) is 2. The van der Waals surface area contributed by atoms with Crippen LogP contribution < -0.4 is 0 Å². The van der Waals surface area contributed by atoms with E-state index in [1.165, 1.54) is 0 Å². The zero-order valence-corrected chi connectivity index (χ0v) is 16.2. The fourth-order valence-corrected chi connectivity index (χ4v) is 3.34. The molecule has 2 rings (SSSR count). The van der Waals surface area contributed by atoms with Gasteiger partial charge in [0.25, 0.3) is 0 Å². The van der Waals surface area contributed by atoms with E-state index in [2.05, 4.69) is 39.8 Å². The normalized spacial score (nSPS) is 12.8. The van der Waals surface area contributed by atoms with Crippen LogP contribution in [0.4, 0.5) is 0 Å². The van der Waals surface area contributed by atoms with E-state index in [0.29, 0.717) is 25.4 Å². The van der Waals surface area contributed by atoms with Crippen molar-refractivity contribution in [1.29, 1.82) is 0 Å². The maximum atomic E-state index is 12.9. The number of aryl methyl sites for hydroxylation is 1. The lowest BCUT2D eigenvalue weighted by atomic mass is 9.84. The van der Waals surface area contributed by atoms with Gasteiger partial charge in [0, 0.05) is 13.0 Å². The predicted octanol–water partition coefficient (Wildman–Crippen LogP) is 5.58. The molecule has 0 N–H and O–H groups in total. The molecule has 0 fully saturated rings. The lowest BCUT2D eigenvalue weighted by Crippen LogP contribution is -2.31. The van der Waals surface area contributed by atoms with Gasteiger partial charge in [-0.2, -0.15) is 0 Å². The summed E-state index contributed by atoms with van der Waals surface area (Å²) in [5, 5.41) is 0. The fourth-order valence-electron chi connectivity index (χ4n) is 3.34. The average Bonchev–Trinajstić information content (AvgIpc) is 2.91. The largest absolute Gasteiger partial charge is 0.464 e. The highest BCUT2D eigenvalue weighted by molar-refractivity contribution is 5.76. The number of carbonyl (C=O) groups excluding carboxylic acids is 1. The highest BCUT2D eigenvalue weighted by atomic mass is 16.3. The van der Waals surface area contributed by atoms with E-state index < -0.39 is 0 Å². The van der Waals surface area contributed by atoms with Gasteiger partial charge in [0.15, 0.2) is 0 Å². The molecular formula is C22H31NO2. The van der Waals surface area contributed by atoms with Crippen molar-refractivity contribution in [1.82, 2.24) is 4.90 Å². The standard InChI is InChI=1S/C22H31NO2/c1-17(14-22(3,4)5)13-21(24)23(15-19-9-7-6-8-10-19)16-20-12-11-18(2)25-20/h6-12,17H,13-16H2,1-5H3/t17-/m0/s1. The SMILES string of the molecule is Cc1ccc(CN(Cc2ccccc2)C(=O)C[C@H](C)CC(C)(C)C)o1. The van der Waals surface area contributed by atoms with E-state index in [1.807, 2.05) is 42.2 Å². The van der Waals surface area contributed by atoms with Crippen LogP contribution in [-0.4, -0.2) is 10.8 Å². The zero-order valence-electron chi connectivity index (χ0n) is 16.2. The minimum Gasteiger partial charge on any atom is -0.464 e. The van der Waals surface area contributed by atoms with E-state index in [9.17, 15) is 4.79 Å². The molecule has 25 heavy (non-hydrogen) atoms. The third kappa shape index (κ3) is 6.77. The lowest BCUT2D eigenvalue weighted by molar-refractivity contribution is -0.133. The first-order valence-electron chi connectivity index (χ1n) is 9.10. The van der Waals surface area contributed by atoms with E-state index >= 15 is 0 Å². The Labute approximate surface area is 152 Å². The molecule has 0 radical (unpaired) electrons. The van der Waals surface area contributed by atoms with E-state index in [1.54, 1.807) is 0 Å². The summed E-state index contributed by atoms with van der Waals surface area (Å²) in [5.41, 5.74) is 1.38. The van der Waals surface area contributed by atoms with E-state index in [0.717, 1.165) is 23.5 Å². The molecule has 0 saturated carbocycles. The summed E-state index contributed by atoms with van der Waals surface area (Å²) in [7, 11) is 0. The predicted molar refractivity (Wildman–Crippen MR) is 102 cm³/mol. The second-order valence-corrected chi connectivity index (χ2v) is 8.32. The van der Waals surface area contributed by atoms with Crippen LogP contribution in [0, 0.1) is 18.3 Å². The molecular weight excluding hydrogens is 310 g/mol. The molecule has 0 bridgehead atoms. The van der Waals surface area contributed by atoms with Gasteiger partial charge in [-0.1, -0.05) is 58.0 Å². The second-order valence-electron chi connectivity index (χ2n) is 8.32.